The van der Waals surface area contributed by atoms with Gasteiger partial charge in [-0.2, -0.15) is 0 Å². The average Bonchev–Trinajstić information content (AvgIpc) is 3.22. The van der Waals surface area contributed by atoms with Gasteiger partial charge in [-0.15, -0.1) is 11.3 Å². The van der Waals surface area contributed by atoms with Crippen LogP contribution >= 0.6 is 11.3 Å². The minimum absolute atomic E-state index is 0.188. The third-order valence-electron chi connectivity index (χ3n) is 5.08. The number of fused-ring (bicyclic) bond motifs is 2. The van der Waals surface area contributed by atoms with Gasteiger partial charge in [-0.1, -0.05) is 24.6 Å². The summed E-state index contributed by atoms with van der Waals surface area (Å²) in [5.41, 5.74) is 8.57. The van der Waals surface area contributed by atoms with E-state index in [-0.39, 0.29) is 11.8 Å². The molecule has 0 bridgehead atoms. The molecule has 140 valence electrons. The highest BCUT2D eigenvalue weighted by Gasteiger charge is 2.17. The third kappa shape index (κ3) is 4.06. The fourth-order valence-corrected chi connectivity index (χ4v) is 4.77. The second kappa shape index (κ2) is 7.96. The number of aromatic nitrogens is 1. The fourth-order valence-electron chi connectivity index (χ4n) is 3.62. The Morgan fingerprint density at radius 3 is 2.85 bits per heavy atom. The number of amides is 2. The molecule has 4 rings (SSSR count). The zero-order valence-corrected chi connectivity index (χ0v) is 16.0. The summed E-state index contributed by atoms with van der Waals surface area (Å²) in [7, 11) is 0. The number of para-hydroxylation sites is 1. The highest BCUT2D eigenvalue weighted by molar-refractivity contribution is 7.14. The van der Waals surface area contributed by atoms with Crippen LogP contribution < -0.4 is 10.9 Å². The lowest BCUT2D eigenvalue weighted by atomic mass is 10.1. The standard InChI is InChI=1S/C21H23N3O2S/c25-20(11-10-15-13-22-17-8-5-4-7-16(15)17)23-24-21(26)19-12-14-6-2-1-3-9-18(14)27-19/h4-5,7-8,12-13,22H,1-3,6,9-11H2,(H,23,25)(H,24,26). The molecule has 1 aliphatic carbocycles. The van der Waals surface area contributed by atoms with Crippen molar-refractivity contribution in [1.29, 1.82) is 0 Å². The number of H-pyrrole nitrogens is 1. The van der Waals surface area contributed by atoms with Crippen LogP contribution in [0, 0.1) is 0 Å². The van der Waals surface area contributed by atoms with Crippen molar-refractivity contribution in [2.75, 3.05) is 0 Å². The van der Waals surface area contributed by atoms with Crippen molar-refractivity contribution in [3.63, 3.8) is 0 Å². The first kappa shape index (κ1) is 17.8. The van der Waals surface area contributed by atoms with Crippen molar-refractivity contribution >= 4 is 34.1 Å². The molecule has 1 aliphatic rings. The predicted molar refractivity (Wildman–Crippen MR) is 108 cm³/mol. The normalized spacial score (nSPS) is 13.8. The van der Waals surface area contributed by atoms with Crippen LogP contribution in [0.5, 0.6) is 0 Å². The minimum Gasteiger partial charge on any atom is -0.361 e. The number of benzene rings is 1. The van der Waals surface area contributed by atoms with Crippen molar-refractivity contribution in [1.82, 2.24) is 15.8 Å². The quantitative estimate of drug-likeness (QED) is 0.474. The molecule has 0 atom stereocenters. The van der Waals surface area contributed by atoms with E-state index in [4.69, 9.17) is 0 Å². The van der Waals surface area contributed by atoms with Gasteiger partial charge >= 0.3 is 0 Å². The average molecular weight is 382 g/mol. The molecule has 2 aromatic heterocycles. The van der Waals surface area contributed by atoms with Crippen LogP contribution in [0.4, 0.5) is 0 Å². The Morgan fingerprint density at radius 2 is 1.93 bits per heavy atom. The van der Waals surface area contributed by atoms with Gasteiger partial charge in [0.05, 0.1) is 4.88 Å². The van der Waals surface area contributed by atoms with Crippen molar-refractivity contribution in [2.45, 2.75) is 44.9 Å². The van der Waals surface area contributed by atoms with Gasteiger partial charge in [0.2, 0.25) is 5.91 Å². The molecule has 3 aromatic rings. The molecule has 0 aliphatic heterocycles. The summed E-state index contributed by atoms with van der Waals surface area (Å²) >= 11 is 1.55. The molecule has 27 heavy (non-hydrogen) atoms. The second-order valence-electron chi connectivity index (χ2n) is 6.98. The maximum Gasteiger partial charge on any atom is 0.279 e. The zero-order chi connectivity index (χ0) is 18.6. The van der Waals surface area contributed by atoms with E-state index in [0.29, 0.717) is 17.7 Å². The minimum atomic E-state index is -0.228. The second-order valence-corrected chi connectivity index (χ2v) is 8.12. The molecule has 0 saturated heterocycles. The maximum absolute atomic E-state index is 12.3. The molecule has 5 nitrogen and oxygen atoms in total. The van der Waals surface area contributed by atoms with E-state index in [1.54, 1.807) is 11.3 Å². The lowest BCUT2D eigenvalue weighted by molar-refractivity contribution is -0.121. The Hall–Kier alpha value is -2.60. The first-order valence-corrected chi connectivity index (χ1v) is 10.3. The van der Waals surface area contributed by atoms with Crippen LogP contribution in [0.15, 0.2) is 36.5 Å². The van der Waals surface area contributed by atoms with E-state index in [2.05, 4.69) is 15.8 Å². The highest BCUT2D eigenvalue weighted by Crippen LogP contribution is 2.28. The topological polar surface area (TPSA) is 74.0 Å². The van der Waals surface area contributed by atoms with Crippen LogP contribution in [0.2, 0.25) is 0 Å². The summed E-state index contributed by atoms with van der Waals surface area (Å²) in [6, 6.07) is 10.0. The number of nitrogens with one attached hydrogen (secondary N) is 3. The van der Waals surface area contributed by atoms with E-state index in [0.717, 1.165) is 29.3 Å². The Morgan fingerprint density at radius 1 is 1.07 bits per heavy atom. The molecule has 6 heteroatoms. The first-order chi connectivity index (χ1) is 13.2. The number of rotatable bonds is 4. The van der Waals surface area contributed by atoms with Gasteiger partial charge in [0.1, 0.15) is 0 Å². The highest BCUT2D eigenvalue weighted by atomic mass is 32.1. The summed E-state index contributed by atoms with van der Waals surface area (Å²) in [6.45, 7) is 0. The van der Waals surface area contributed by atoms with Gasteiger partial charge in [-0.05, 0) is 55.4 Å². The van der Waals surface area contributed by atoms with Crippen molar-refractivity contribution < 1.29 is 9.59 Å². The maximum atomic E-state index is 12.3. The smallest absolute Gasteiger partial charge is 0.279 e. The van der Waals surface area contributed by atoms with Crippen molar-refractivity contribution in [2.24, 2.45) is 0 Å². The molecule has 0 spiro atoms. The number of aryl methyl sites for hydroxylation is 3. The van der Waals surface area contributed by atoms with Gasteiger partial charge in [-0.25, -0.2) is 0 Å². The van der Waals surface area contributed by atoms with Crippen LogP contribution in [-0.4, -0.2) is 16.8 Å². The molecule has 0 fully saturated rings. The molecule has 2 heterocycles. The van der Waals surface area contributed by atoms with Crippen LogP contribution in [0.25, 0.3) is 10.9 Å². The largest absolute Gasteiger partial charge is 0.361 e. The lowest BCUT2D eigenvalue weighted by Crippen LogP contribution is -2.41. The van der Waals surface area contributed by atoms with Crippen molar-refractivity contribution in [3.8, 4) is 0 Å². The number of hydrogen-bond acceptors (Lipinski definition) is 3. The Kier molecular flexibility index (Phi) is 5.25. The number of hydrazine groups is 1. The number of carbonyl (C=O) groups is 2. The van der Waals surface area contributed by atoms with Gasteiger partial charge < -0.3 is 4.98 Å². The van der Waals surface area contributed by atoms with Crippen molar-refractivity contribution in [3.05, 3.63) is 57.4 Å². The molecule has 0 radical (unpaired) electrons. The molecule has 0 unspecified atom stereocenters. The van der Waals surface area contributed by atoms with Gasteiger partial charge in [-0.3, -0.25) is 20.4 Å². The van der Waals surface area contributed by atoms with Crippen LogP contribution in [0.1, 0.15) is 51.4 Å². The summed E-state index contributed by atoms with van der Waals surface area (Å²) in [5.74, 6) is -0.416. The summed E-state index contributed by atoms with van der Waals surface area (Å²) in [6.07, 6.45) is 8.64. The summed E-state index contributed by atoms with van der Waals surface area (Å²) in [4.78, 5) is 29.7. The third-order valence-corrected chi connectivity index (χ3v) is 6.32. The molecule has 0 saturated carbocycles. The van der Waals surface area contributed by atoms with Gasteiger partial charge in [0, 0.05) is 28.4 Å². The van der Waals surface area contributed by atoms with E-state index in [1.807, 2.05) is 36.5 Å². The number of carbonyl (C=O) groups excluding carboxylic acids is 2. The fraction of sp³-hybridized carbons (Fsp3) is 0.333. The zero-order valence-electron chi connectivity index (χ0n) is 15.1. The molecule has 1 aromatic carbocycles. The Balaban J connectivity index is 1.29. The van der Waals surface area contributed by atoms with E-state index in [1.165, 1.54) is 29.7 Å². The lowest BCUT2D eigenvalue weighted by Gasteiger charge is -2.06. The number of thiophene rings is 1. The van der Waals surface area contributed by atoms with E-state index < -0.39 is 0 Å². The molecular weight excluding hydrogens is 358 g/mol. The van der Waals surface area contributed by atoms with Gasteiger partial charge in [0.25, 0.3) is 5.91 Å². The Labute approximate surface area is 162 Å². The predicted octanol–water partition coefficient (Wildman–Crippen LogP) is 3.89. The molecule has 2 amide bonds. The van der Waals surface area contributed by atoms with Crippen LogP contribution in [0.3, 0.4) is 0 Å². The molecule has 3 N–H and O–H groups in total. The van der Waals surface area contributed by atoms with Gasteiger partial charge in [0.15, 0.2) is 0 Å². The summed E-state index contributed by atoms with van der Waals surface area (Å²) in [5, 5.41) is 1.13. The SMILES string of the molecule is O=C(CCc1c[nH]c2ccccc12)NNC(=O)c1cc2c(s1)CCCCC2. The summed E-state index contributed by atoms with van der Waals surface area (Å²) < 4.78 is 0. The monoisotopic (exact) mass is 381 g/mol. The van der Waals surface area contributed by atoms with Crippen LogP contribution in [-0.2, 0) is 24.1 Å². The number of hydrogen-bond donors (Lipinski definition) is 3. The number of aromatic amines is 1. The van der Waals surface area contributed by atoms with E-state index >= 15 is 0 Å². The Bertz CT molecular complexity index is 949. The van der Waals surface area contributed by atoms with E-state index in [9.17, 15) is 9.59 Å². The first-order valence-electron chi connectivity index (χ1n) is 9.46. The molecular formula is C21H23N3O2S.